The van der Waals surface area contributed by atoms with Crippen LogP contribution in [-0.2, 0) is 6.42 Å². The first kappa shape index (κ1) is 14.3. The normalized spacial score (nSPS) is 12.5. The molecule has 2 aromatic rings. The summed E-state index contributed by atoms with van der Waals surface area (Å²) in [6.45, 7) is 0. The summed E-state index contributed by atoms with van der Waals surface area (Å²) in [5, 5.41) is 10.6. The van der Waals surface area contributed by atoms with E-state index in [9.17, 15) is 13.9 Å². The fraction of sp³-hybridized carbons (Fsp3) is 0.143. The summed E-state index contributed by atoms with van der Waals surface area (Å²) in [5.74, 6) is -0.935. The third kappa shape index (κ3) is 3.44. The molecular weight excluding hydrogens is 293 g/mol. The van der Waals surface area contributed by atoms with Crippen LogP contribution in [0.2, 0.25) is 10.0 Å². The summed E-state index contributed by atoms with van der Waals surface area (Å²) < 4.78 is 26.0. The summed E-state index contributed by atoms with van der Waals surface area (Å²) in [5.41, 5.74) is 0.845. The average molecular weight is 303 g/mol. The zero-order chi connectivity index (χ0) is 14.0. The van der Waals surface area contributed by atoms with Crippen LogP contribution in [0.15, 0.2) is 36.4 Å². The van der Waals surface area contributed by atoms with E-state index in [-0.39, 0.29) is 22.0 Å². The van der Waals surface area contributed by atoms with Crippen LogP contribution in [0, 0.1) is 11.6 Å². The Morgan fingerprint density at radius 3 is 2.26 bits per heavy atom. The molecule has 0 amide bonds. The van der Waals surface area contributed by atoms with Gasteiger partial charge in [0.15, 0.2) is 0 Å². The smallest absolute Gasteiger partial charge is 0.124 e. The topological polar surface area (TPSA) is 20.2 Å². The van der Waals surface area contributed by atoms with Crippen LogP contribution in [0.25, 0.3) is 0 Å². The second kappa shape index (κ2) is 5.87. The second-order valence-electron chi connectivity index (χ2n) is 4.12. The highest BCUT2D eigenvalue weighted by Crippen LogP contribution is 2.29. The summed E-state index contributed by atoms with van der Waals surface area (Å²) in [7, 11) is 0. The van der Waals surface area contributed by atoms with Gasteiger partial charge in [-0.1, -0.05) is 29.3 Å². The molecule has 0 spiro atoms. The fourth-order valence-electron chi connectivity index (χ4n) is 1.78. The Morgan fingerprint density at radius 1 is 0.947 bits per heavy atom. The Bertz CT molecular complexity index is 602. The Labute approximate surface area is 119 Å². The Kier molecular flexibility index (Phi) is 4.40. The molecule has 1 nitrogen and oxygen atoms in total. The largest absolute Gasteiger partial charge is 0.388 e. The zero-order valence-corrected chi connectivity index (χ0v) is 11.2. The summed E-state index contributed by atoms with van der Waals surface area (Å²) in [6, 6.07) is 7.65. The molecule has 0 radical (unpaired) electrons. The number of rotatable bonds is 3. The highest BCUT2D eigenvalue weighted by atomic mass is 35.5. The second-order valence-corrected chi connectivity index (χ2v) is 4.94. The van der Waals surface area contributed by atoms with Gasteiger partial charge in [-0.3, -0.25) is 0 Å². The van der Waals surface area contributed by atoms with Gasteiger partial charge in [0.2, 0.25) is 0 Å². The molecule has 0 aromatic heterocycles. The van der Waals surface area contributed by atoms with E-state index in [1.54, 1.807) is 0 Å². The molecule has 0 fully saturated rings. The van der Waals surface area contributed by atoms with Gasteiger partial charge in [-0.2, -0.15) is 0 Å². The van der Waals surface area contributed by atoms with E-state index in [4.69, 9.17) is 23.2 Å². The van der Waals surface area contributed by atoms with Crippen molar-refractivity contribution in [2.24, 2.45) is 0 Å². The van der Waals surface area contributed by atoms with Crippen LogP contribution in [-0.4, -0.2) is 5.11 Å². The van der Waals surface area contributed by atoms with Crippen LogP contribution in [0.5, 0.6) is 0 Å². The monoisotopic (exact) mass is 302 g/mol. The maximum atomic E-state index is 13.1. The third-order valence-electron chi connectivity index (χ3n) is 2.75. The Balaban J connectivity index is 2.25. The molecule has 1 unspecified atom stereocenters. The number of benzene rings is 2. The molecule has 5 heteroatoms. The standard InChI is InChI=1S/C14H10Cl2F2O/c15-12-4-3-9(17)6-11(12)14(19)5-8-1-2-10(18)7-13(8)16/h1-4,6-7,14,19H,5H2. The lowest BCUT2D eigenvalue weighted by molar-refractivity contribution is 0.178. The Morgan fingerprint density at radius 2 is 1.58 bits per heavy atom. The predicted molar refractivity (Wildman–Crippen MR) is 71.5 cm³/mol. The van der Waals surface area contributed by atoms with Crippen molar-refractivity contribution in [3.05, 3.63) is 69.2 Å². The van der Waals surface area contributed by atoms with E-state index in [0.29, 0.717) is 5.56 Å². The minimum atomic E-state index is -1.01. The third-order valence-corrected chi connectivity index (χ3v) is 3.44. The van der Waals surface area contributed by atoms with Crippen LogP contribution < -0.4 is 0 Å². The van der Waals surface area contributed by atoms with Gasteiger partial charge in [-0.15, -0.1) is 0 Å². The SMILES string of the molecule is OC(Cc1ccc(F)cc1Cl)c1cc(F)ccc1Cl. The molecule has 0 heterocycles. The van der Waals surface area contributed by atoms with Crippen LogP contribution in [0.3, 0.4) is 0 Å². The van der Waals surface area contributed by atoms with E-state index < -0.39 is 17.7 Å². The molecule has 2 aromatic carbocycles. The minimum absolute atomic E-state index is 0.127. The lowest BCUT2D eigenvalue weighted by atomic mass is 10.0. The summed E-state index contributed by atoms with van der Waals surface area (Å²) >= 11 is 11.8. The molecule has 0 aliphatic rings. The van der Waals surface area contributed by atoms with Gasteiger partial charge >= 0.3 is 0 Å². The molecule has 0 aliphatic carbocycles. The molecule has 19 heavy (non-hydrogen) atoms. The van der Waals surface area contributed by atoms with E-state index in [1.165, 1.54) is 30.3 Å². The van der Waals surface area contributed by atoms with Gasteiger partial charge in [-0.05, 0) is 35.9 Å². The molecule has 0 bridgehead atoms. The summed E-state index contributed by atoms with van der Waals surface area (Å²) in [4.78, 5) is 0. The molecule has 100 valence electrons. The van der Waals surface area contributed by atoms with Gasteiger partial charge in [0.05, 0.1) is 6.10 Å². The zero-order valence-electron chi connectivity index (χ0n) is 9.71. The highest BCUT2D eigenvalue weighted by Gasteiger charge is 2.15. The first-order valence-electron chi connectivity index (χ1n) is 5.54. The number of aliphatic hydroxyl groups is 1. The first-order chi connectivity index (χ1) is 8.97. The van der Waals surface area contributed by atoms with Gasteiger partial charge in [0.25, 0.3) is 0 Å². The maximum absolute atomic E-state index is 13.1. The van der Waals surface area contributed by atoms with Crippen molar-refractivity contribution in [1.82, 2.24) is 0 Å². The van der Waals surface area contributed by atoms with Gasteiger partial charge in [0.1, 0.15) is 11.6 Å². The van der Waals surface area contributed by atoms with Crippen LogP contribution in [0.1, 0.15) is 17.2 Å². The van der Waals surface area contributed by atoms with Crippen molar-refractivity contribution in [2.75, 3.05) is 0 Å². The van der Waals surface area contributed by atoms with Gasteiger partial charge < -0.3 is 5.11 Å². The van der Waals surface area contributed by atoms with Crippen LogP contribution in [0.4, 0.5) is 8.78 Å². The number of hydrogen-bond acceptors (Lipinski definition) is 1. The first-order valence-corrected chi connectivity index (χ1v) is 6.30. The van der Waals surface area contributed by atoms with Crippen molar-refractivity contribution >= 4 is 23.2 Å². The van der Waals surface area contributed by atoms with E-state index in [1.807, 2.05) is 0 Å². The maximum Gasteiger partial charge on any atom is 0.124 e. The predicted octanol–water partition coefficient (Wildman–Crippen LogP) is 4.55. The van der Waals surface area contributed by atoms with Gasteiger partial charge in [0, 0.05) is 22.0 Å². The molecule has 0 aliphatic heterocycles. The lowest BCUT2D eigenvalue weighted by Crippen LogP contribution is -2.04. The molecular formula is C14H10Cl2F2O. The minimum Gasteiger partial charge on any atom is -0.388 e. The van der Waals surface area contributed by atoms with Crippen LogP contribution >= 0.6 is 23.2 Å². The number of aliphatic hydroxyl groups excluding tert-OH is 1. The highest BCUT2D eigenvalue weighted by molar-refractivity contribution is 6.31. The molecule has 1 N–H and O–H groups in total. The molecule has 0 saturated carbocycles. The number of hydrogen-bond donors (Lipinski definition) is 1. The van der Waals surface area contributed by atoms with Gasteiger partial charge in [-0.25, -0.2) is 8.78 Å². The van der Waals surface area contributed by atoms with Crippen molar-refractivity contribution in [3.63, 3.8) is 0 Å². The van der Waals surface area contributed by atoms with E-state index >= 15 is 0 Å². The lowest BCUT2D eigenvalue weighted by Gasteiger charge is -2.14. The van der Waals surface area contributed by atoms with Crippen molar-refractivity contribution in [3.8, 4) is 0 Å². The number of halogens is 4. The van der Waals surface area contributed by atoms with Crippen molar-refractivity contribution in [1.29, 1.82) is 0 Å². The van der Waals surface area contributed by atoms with Crippen molar-refractivity contribution < 1.29 is 13.9 Å². The van der Waals surface area contributed by atoms with Crippen molar-refractivity contribution in [2.45, 2.75) is 12.5 Å². The average Bonchev–Trinajstić information content (AvgIpc) is 2.35. The molecule has 0 saturated heterocycles. The Hall–Kier alpha value is -1.16. The summed E-state index contributed by atoms with van der Waals surface area (Å²) in [6.07, 6.45) is -0.881. The molecule has 2 rings (SSSR count). The fourth-order valence-corrected chi connectivity index (χ4v) is 2.26. The van der Waals surface area contributed by atoms with E-state index in [0.717, 1.165) is 6.07 Å². The quantitative estimate of drug-likeness (QED) is 0.882. The molecule has 1 atom stereocenters. The van der Waals surface area contributed by atoms with E-state index in [2.05, 4.69) is 0 Å².